The molecular formula is C10H17N7OS2. The normalized spacial score (nSPS) is 23.8. The van der Waals surface area contributed by atoms with Crippen LogP contribution in [0.2, 0.25) is 0 Å². The summed E-state index contributed by atoms with van der Waals surface area (Å²) in [4.78, 5) is 0. The lowest BCUT2D eigenvalue weighted by Crippen LogP contribution is -2.41. The minimum Gasteiger partial charge on any atom is -0.410 e. The molecule has 0 aromatic heterocycles. The predicted molar refractivity (Wildman–Crippen MR) is 86.9 cm³/mol. The second kappa shape index (κ2) is 6.57. The molecule has 1 aliphatic rings. The fraction of sp³-hybridized carbons (Fsp3) is 0.500. The fourth-order valence-corrected chi connectivity index (χ4v) is 1.94. The molecule has 0 heterocycles. The summed E-state index contributed by atoms with van der Waals surface area (Å²) in [5.74, 6) is 0. The smallest absolute Gasteiger partial charge is 0.184 e. The topological polar surface area (TPSA) is 133 Å². The molecule has 1 rings (SSSR count). The molecule has 0 amide bonds. The Morgan fingerprint density at radius 3 is 1.80 bits per heavy atom. The van der Waals surface area contributed by atoms with Crippen LogP contribution in [0.25, 0.3) is 0 Å². The molecule has 1 fully saturated rings. The van der Waals surface area contributed by atoms with Gasteiger partial charge in [-0.3, -0.25) is 10.9 Å². The lowest BCUT2D eigenvalue weighted by atomic mass is 9.74. The Hall–Kier alpha value is -1.81. The highest BCUT2D eigenvalue weighted by Crippen LogP contribution is 2.31. The Kier molecular flexibility index (Phi) is 5.34. The largest absolute Gasteiger partial charge is 0.410 e. The maximum atomic E-state index is 9.18. The van der Waals surface area contributed by atoms with Crippen LogP contribution in [0.4, 0.5) is 0 Å². The summed E-state index contributed by atoms with van der Waals surface area (Å²) in [7, 11) is 0. The van der Waals surface area contributed by atoms with E-state index in [-0.39, 0.29) is 21.4 Å². The highest BCUT2D eigenvalue weighted by Gasteiger charge is 2.35. The number of nitrogens with zero attached hydrogens (tertiary/aromatic N) is 3. The number of oxime groups is 1. The van der Waals surface area contributed by atoms with Gasteiger partial charge in [0.2, 0.25) is 0 Å². The third-order valence-electron chi connectivity index (χ3n) is 2.54. The third-order valence-corrected chi connectivity index (χ3v) is 2.72. The lowest BCUT2D eigenvalue weighted by Gasteiger charge is -2.31. The molecule has 0 aromatic rings. The Labute approximate surface area is 127 Å². The van der Waals surface area contributed by atoms with Crippen LogP contribution in [0, 0.1) is 5.41 Å². The van der Waals surface area contributed by atoms with Gasteiger partial charge in [-0.25, -0.2) is 0 Å². The molecule has 1 saturated carbocycles. The van der Waals surface area contributed by atoms with Crippen molar-refractivity contribution in [3.63, 3.8) is 0 Å². The lowest BCUT2D eigenvalue weighted by molar-refractivity contribution is 0.319. The van der Waals surface area contributed by atoms with Crippen LogP contribution < -0.4 is 22.3 Å². The van der Waals surface area contributed by atoms with E-state index in [1.54, 1.807) is 0 Å². The Morgan fingerprint density at radius 1 is 1.10 bits per heavy atom. The number of hydrogen-bond acceptors (Lipinski definition) is 6. The summed E-state index contributed by atoms with van der Waals surface area (Å²) in [6, 6.07) is 0. The zero-order valence-corrected chi connectivity index (χ0v) is 12.8. The van der Waals surface area contributed by atoms with E-state index in [1.165, 1.54) is 0 Å². The van der Waals surface area contributed by atoms with Crippen molar-refractivity contribution < 1.29 is 5.21 Å². The van der Waals surface area contributed by atoms with Crippen molar-refractivity contribution in [1.29, 1.82) is 0 Å². The number of nitrogens with two attached hydrogens (primary N) is 2. The van der Waals surface area contributed by atoms with Crippen molar-refractivity contribution in [2.75, 3.05) is 0 Å². The Bertz CT molecular complexity index is 470. The van der Waals surface area contributed by atoms with Crippen LogP contribution >= 0.6 is 24.4 Å². The van der Waals surface area contributed by atoms with Crippen molar-refractivity contribution in [3.05, 3.63) is 0 Å². The highest BCUT2D eigenvalue weighted by atomic mass is 32.1. The van der Waals surface area contributed by atoms with E-state index in [1.807, 2.05) is 13.8 Å². The van der Waals surface area contributed by atoms with Gasteiger partial charge in [0, 0.05) is 0 Å². The molecule has 0 atom stereocenters. The summed E-state index contributed by atoms with van der Waals surface area (Å²) in [6.07, 6.45) is 1.15. The second-order valence-corrected chi connectivity index (χ2v) is 5.92. The predicted octanol–water partition coefficient (Wildman–Crippen LogP) is 0.0150. The van der Waals surface area contributed by atoms with Gasteiger partial charge in [0.05, 0.1) is 11.4 Å². The summed E-state index contributed by atoms with van der Waals surface area (Å²) in [5, 5.41) is 20.6. The third kappa shape index (κ3) is 4.70. The molecular weight excluding hydrogens is 298 g/mol. The van der Waals surface area contributed by atoms with Gasteiger partial charge in [-0.05, 0) is 42.7 Å². The zero-order chi connectivity index (χ0) is 15.3. The van der Waals surface area contributed by atoms with Crippen molar-refractivity contribution >= 4 is 51.8 Å². The summed E-state index contributed by atoms with van der Waals surface area (Å²) < 4.78 is 0. The first kappa shape index (κ1) is 16.2. The average Bonchev–Trinajstić information content (AvgIpc) is 2.32. The van der Waals surface area contributed by atoms with Crippen molar-refractivity contribution in [3.8, 4) is 0 Å². The van der Waals surface area contributed by atoms with Gasteiger partial charge in [0.15, 0.2) is 10.2 Å². The Balaban J connectivity index is 3.12. The van der Waals surface area contributed by atoms with Crippen LogP contribution in [-0.2, 0) is 0 Å². The molecule has 0 bridgehead atoms. The van der Waals surface area contributed by atoms with E-state index in [9.17, 15) is 5.21 Å². The van der Waals surface area contributed by atoms with E-state index >= 15 is 0 Å². The van der Waals surface area contributed by atoms with E-state index in [0.29, 0.717) is 24.3 Å². The van der Waals surface area contributed by atoms with Crippen molar-refractivity contribution in [2.24, 2.45) is 32.2 Å². The Morgan fingerprint density at radius 2 is 1.50 bits per heavy atom. The quantitative estimate of drug-likeness (QED) is 0.275. The van der Waals surface area contributed by atoms with E-state index in [0.717, 1.165) is 0 Å². The summed E-state index contributed by atoms with van der Waals surface area (Å²) >= 11 is 9.38. The van der Waals surface area contributed by atoms with Crippen LogP contribution in [0.1, 0.15) is 26.7 Å². The molecule has 0 aliphatic heterocycles. The maximum Gasteiger partial charge on any atom is 0.184 e. The van der Waals surface area contributed by atoms with Gasteiger partial charge in [-0.1, -0.05) is 19.0 Å². The van der Waals surface area contributed by atoms with E-state index in [4.69, 9.17) is 35.9 Å². The zero-order valence-electron chi connectivity index (χ0n) is 11.2. The number of hydrazone groups is 2. The van der Waals surface area contributed by atoms with Crippen molar-refractivity contribution in [2.45, 2.75) is 26.7 Å². The molecule has 1 aliphatic carbocycles. The first-order valence-electron chi connectivity index (χ1n) is 5.72. The first-order valence-corrected chi connectivity index (χ1v) is 6.53. The number of nitrogens with one attached hydrogen (secondary N) is 2. The molecule has 0 spiro atoms. The van der Waals surface area contributed by atoms with Gasteiger partial charge >= 0.3 is 0 Å². The highest BCUT2D eigenvalue weighted by molar-refractivity contribution is 7.80. The summed E-state index contributed by atoms with van der Waals surface area (Å²) in [6.45, 7) is 4.07. The number of rotatable bonds is 2. The van der Waals surface area contributed by atoms with Gasteiger partial charge in [0.1, 0.15) is 5.71 Å². The summed E-state index contributed by atoms with van der Waals surface area (Å²) in [5.41, 5.74) is 16.8. The van der Waals surface area contributed by atoms with Crippen LogP contribution in [-0.4, -0.2) is 32.6 Å². The molecule has 0 saturated heterocycles. The maximum absolute atomic E-state index is 9.18. The number of hydrogen-bond donors (Lipinski definition) is 5. The van der Waals surface area contributed by atoms with Gasteiger partial charge in [-0.2, -0.15) is 10.2 Å². The van der Waals surface area contributed by atoms with Crippen LogP contribution in [0.15, 0.2) is 15.4 Å². The molecule has 0 unspecified atom stereocenters. The molecule has 7 N–H and O–H groups in total. The molecule has 8 nitrogen and oxygen atoms in total. The van der Waals surface area contributed by atoms with Crippen LogP contribution in [0.5, 0.6) is 0 Å². The van der Waals surface area contributed by atoms with Gasteiger partial charge in [-0.15, -0.1) is 0 Å². The monoisotopic (exact) mass is 315 g/mol. The fourth-order valence-electron chi connectivity index (χ4n) is 1.85. The molecule has 0 aromatic carbocycles. The molecule has 10 heteroatoms. The SMILES string of the molecule is CC1(C)CC(=NNC(N)=S)C(=NO)/C(=N/NC(N)=S)C1. The van der Waals surface area contributed by atoms with Crippen LogP contribution in [0.3, 0.4) is 0 Å². The minimum atomic E-state index is -0.123. The second-order valence-electron chi connectivity index (χ2n) is 5.04. The molecule has 0 radical (unpaired) electrons. The minimum absolute atomic E-state index is 0.0259. The standard InChI is InChI=1S/C10H17N7OS2/c1-10(2)3-5(13-15-8(11)19)7(17-18)6(4-10)14-16-9(12)20/h18H,3-4H2,1-2H3,(H3,11,15,19)(H3,12,16,20)/b13-5+,14-6?,17-7?. The first-order chi connectivity index (χ1) is 9.25. The van der Waals surface area contributed by atoms with Gasteiger partial charge in [0.25, 0.3) is 0 Å². The van der Waals surface area contributed by atoms with Crippen molar-refractivity contribution in [1.82, 2.24) is 10.9 Å². The number of thiocarbonyl (C=S) groups is 2. The van der Waals surface area contributed by atoms with E-state index < -0.39 is 0 Å². The van der Waals surface area contributed by atoms with E-state index in [2.05, 4.69) is 26.2 Å². The van der Waals surface area contributed by atoms with Gasteiger partial charge < -0.3 is 16.7 Å². The molecule has 20 heavy (non-hydrogen) atoms. The molecule has 110 valence electrons. The average molecular weight is 315 g/mol.